The minimum absolute atomic E-state index is 0.0516. The van der Waals surface area contributed by atoms with Gasteiger partial charge in [-0.05, 0) is 62.6 Å². The van der Waals surface area contributed by atoms with Crippen LogP contribution < -0.4 is 5.32 Å². The Hall–Kier alpha value is -2.67. The molecule has 1 N–H and O–H groups in total. The van der Waals surface area contributed by atoms with E-state index in [0.717, 1.165) is 29.7 Å². The number of aliphatic imine (C=N–C) groups is 1. The molecule has 1 saturated carbocycles. The lowest BCUT2D eigenvalue weighted by Gasteiger charge is -2.15. The Morgan fingerprint density at radius 1 is 1.21 bits per heavy atom. The average Bonchev–Trinajstić information content (AvgIpc) is 3.45. The normalized spacial score (nSPS) is 20.4. The Kier molecular flexibility index (Phi) is 5.41. The minimum Gasteiger partial charge on any atom is -0.326 e. The number of anilines is 1. The van der Waals surface area contributed by atoms with Crippen molar-refractivity contribution < 1.29 is 14.0 Å². The van der Waals surface area contributed by atoms with Crippen LogP contribution in [0.15, 0.2) is 47.5 Å². The van der Waals surface area contributed by atoms with Gasteiger partial charge in [0.05, 0.1) is 5.69 Å². The molecule has 0 bridgehead atoms. The molecule has 2 amide bonds. The zero-order valence-corrected chi connectivity index (χ0v) is 17.1. The molecule has 0 unspecified atom stereocenters. The molecule has 2 fully saturated rings. The number of hydrogen-bond donors (Lipinski definition) is 1. The van der Waals surface area contributed by atoms with E-state index in [-0.39, 0.29) is 30.1 Å². The third kappa shape index (κ3) is 4.50. The second-order valence-corrected chi connectivity index (χ2v) is 8.66. The molecule has 1 heterocycles. The van der Waals surface area contributed by atoms with Crippen molar-refractivity contribution in [2.45, 2.75) is 44.4 Å². The van der Waals surface area contributed by atoms with Crippen LogP contribution in [0, 0.1) is 19.7 Å². The molecule has 150 valence electrons. The number of thioether (sulfide) groups is 1. The van der Waals surface area contributed by atoms with Gasteiger partial charge in [-0.2, -0.15) is 0 Å². The number of benzene rings is 2. The number of nitrogens with zero attached hydrogens (tertiary/aromatic N) is 2. The van der Waals surface area contributed by atoms with Gasteiger partial charge in [-0.3, -0.25) is 14.5 Å². The number of nitrogens with one attached hydrogen (secondary N) is 1. The van der Waals surface area contributed by atoms with Crippen molar-refractivity contribution in [2.75, 3.05) is 5.32 Å². The predicted octanol–water partition coefficient (Wildman–Crippen LogP) is 4.57. The van der Waals surface area contributed by atoms with Crippen LogP contribution in [0.1, 0.15) is 30.4 Å². The lowest BCUT2D eigenvalue weighted by molar-refractivity contribution is -0.128. The molecule has 1 atom stereocenters. The summed E-state index contributed by atoms with van der Waals surface area (Å²) in [6.07, 6.45) is 1.98. The van der Waals surface area contributed by atoms with Crippen LogP contribution in [0.2, 0.25) is 0 Å². The van der Waals surface area contributed by atoms with Gasteiger partial charge in [-0.15, -0.1) is 0 Å². The molecule has 1 saturated heterocycles. The first kappa shape index (κ1) is 19.6. The molecule has 1 aliphatic carbocycles. The maximum Gasteiger partial charge on any atom is 0.242 e. The lowest BCUT2D eigenvalue weighted by atomic mass is 10.1. The van der Waals surface area contributed by atoms with E-state index in [4.69, 9.17) is 4.99 Å². The number of halogens is 1. The number of carbonyl (C=O) groups is 2. The van der Waals surface area contributed by atoms with Crippen molar-refractivity contribution in [1.82, 2.24) is 4.90 Å². The highest BCUT2D eigenvalue weighted by molar-refractivity contribution is 8.15. The lowest BCUT2D eigenvalue weighted by Crippen LogP contribution is -2.35. The number of amidine groups is 1. The Labute approximate surface area is 173 Å². The number of rotatable bonds is 5. The Morgan fingerprint density at radius 3 is 2.59 bits per heavy atom. The van der Waals surface area contributed by atoms with Crippen LogP contribution in [0.5, 0.6) is 0 Å². The fraction of sp³-hybridized carbons (Fsp3) is 0.318. The fourth-order valence-electron chi connectivity index (χ4n) is 3.31. The average molecular weight is 412 g/mol. The van der Waals surface area contributed by atoms with E-state index in [1.807, 2.05) is 26.0 Å². The third-order valence-corrected chi connectivity index (χ3v) is 6.10. The Morgan fingerprint density at radius 2 is 1.93 bits per heavy atom. The summed E-state index contributed by atoms with van der Waals surface area (Å²) >= 11 is 1.35. The molecule has 4 rings (SSSR count). The number of aryl methyl sites for hydroxylation is 2. The maximum absolute atomic E-state index is 13.0. The zero-order chi connectivity index (χ0) is 20.5. The summed E-state index contributed by atoms with van der Waals surface area (Å²) in [5.74, 6) is -0.696. The summed E-state index contributed by atoms with van der Waals surface area (Å²) in [6.45, 7) is 4.03. The summed E-state index contributed by atoms with van der Waals surface area (Å²) in [7, 11) is 0. The zero-order valence-electron chi connectivity index (χ0n) is 16.3. The van der Waals surface area contributed by atoms with Gasteiger partial charge in [-0.1, -0.05) is 29.5 Å². The summed E-state index contributed by atoms with van der Waals surface area (Å²) in [5.41, 5.74) is 3.57. The second kappa shape index (κ2) is 7.99. The molecule has 0 spiro atoms. The molecular weight excluding hydrogens is 389 g/mol. The molecule has 5 nitrogen and oxygen atoms in total. The molecule has 0 aromatic heterocycles. The number of carbonyl (C=O) groups excluding carboxylic acids is 2. The van der Waals surface area contributed by atoms with E-state index in [2.05, 4.69) is 11.4 Å². The molecule has 1 aliphatic heterocycles. The van der Waals surface area contributed by atoms with Gasteiger partial charge in [0.2, 0.25) is 11.8 Å². The van der Waals surface area contributed by atoms with Crippen LogP contribution >= 0.6 is 11.8 Å². The van der Waals surface area contributed by atoms with Crippen molar-refractivity contribution in [3.63, 3.8) is 0 Å². The van der Waals surface area contributed by atoms with E-state index in [9.17, 15) is 14.0 Å². The van der Waals surface area contributed by atoms with Crippen molar-refractivity contribution in [2.24, 2.45) is 4.99 Å². The second-order valence-electron chi connectivity index (χ2n) is 7.49. The highest BCUT2D eigenvalue weighted by Gasteiger charge is 2.46. The largest absolute Gasteiger partial charge is 0.326 e. The number of hydrogen-bond acceptors (Lipinski definition) is 4. The first-order chi connectivity index (χ1) is 13.9. The van der Waals surface area contributed by atoms with Crippen LogP contribution in [0.3, 0.4) is 0 Å². The highest BCUT2D eigenvalue weighted by Crippen LogP contribution is 2.39. The molecule has 0 radical (unpaired) electrons. The van der Waals surface area contributed by atoms with Crippen molar-refractivity contribution in [1.29, 1.82) is 0 Å². The summed E-state index contributed by atoms with van der Waals surface area (Å²) in [5, 5.41) is 2.90. The Balaban J connectivity index is 1.50. The molecule has 2 aliphatic rings. The van der Waals surface area contributed by atoms with Gasteiger partial charge in [0.15, 0.2) is 5.17 Å². The molecule has 2 aromatic carbocycles. The minimum atomic E-state index is -0.499. The third-order valence-electron chi connectivity index (χ3n) is 4.95. The van der Waals surface area contributed by atoms with Gasteiger partial charge in [0.25, 0.3) is 0 Å². The van der Waals surface area contributed by atoms with Gasteiger partial charge < -0.3 is 5.32 Å². The maximum atomic E-state index is 13.0. The number of amides is 2. The summed E-state index contributed by atoms with van der Waals surface area (Å²) < 4.78 is 13.0. The van der Waals surface area contributed by atoms with Crippen LogP contribution in [0.4, 0.5) is 15.8 Å². The highest BCUT2D eigenvalue weighted by atomic mass is 32.2. The first-order valence-electron chi connectivity index (χ1n) is 9.62. The van der Waals surface area contributed by atoms with Crippen LogP contribution in [-0.4, -0.2) is 33.2 Å². The quantitative estimate of drug-likeness (QED) is 0.784. The van der Waals surface area contributed by atoms with Crippen molar-refractivity contribution >= 4 is 40.1 Å². The summed E-state index contributed by atoms with van der Waals surface area (Å²) in [4.78, 5) is 31.9. The van der Waals surface area contributed by atoms with Crippen LogP contribution in [0.25, 0.3) is 0 Å². The topological polar surface area (TPSA) is 61.8 Å². The standard InChI is InChI=1S/C22H22FN3O2S/c1-13-3-10-18(14(2)11-13)25-22-26(17-8-9-17)21(28)19(29-22)12-20(27)24-16-6-4-15(23)5-7-16/h3-7,10-11,17,19H,8-9,12H2,1-2H3,(H,24,27)/t19-/m0/s1. The predicted molar refractivity (Wildman–Crippen MR) is 114 cm³/mol. The van der Waals surface area contributed by atoms with Gasteiger partial charge in [0, 0.05) is 18.2 Å². The molecule has 2 aromatic rings. The monoisotopic (exact) mass is 411 g/mol. The van der Waals surface area contributed by atoms with Crippen molar-refractivity contribution in [3.05, 3.63) is 59.4 Å². The van der Waals surface area contributed by atoms with E-state index in [0.29, 0.717) is 10.9 Å². The van der Waals surface area contributed by atoms with E-state index in [1.54, 1.807) is 4.90 Å². The fourth-order valence-corrected chi connectivity index (χ4v) is 4.52. The van der Waals surface area contributed by atoms with Gasteiger partial charge in [-0.25, -0.2) is 9.38 Å². The first-order valence-corrected chi connectivity index (χ1v) is 10.5. The van der Waals surface area contributed by atoms with Gasteiger partial charge >= 0.3 is 0 Å². The molecule has 7 heteroatoms. The molecular formula is C22H22FN3O2S. The summed E-state index contributed by atoms with van der Waals surface area (Å²) in [6, 6.07) is 11.8. The molecule has 29 heavy (non-hydrogen) atoms. The van der Waals surface area contributed by atoms with E-state index in [1.165, 1.54) is 36.0 Å². The van der Waals surface area contributed by atoms with Crippen molar-refractivity contribution in [3.8, 4) is 0 Å². The van der Waals surface area contributed by atoms with E-state index < -0.39 is 5.25 Å². The Bertz CT molecular complexity index is 986. The SMILES string of the molecule is Cc1ccc(N=C2S[C@@H](CC(=O)Nc3ccc(F)cc3)C(=O)N2C2CC2)c(C)c1. The van der Waals surface area contributed by atoms with Gasteiger partial charge in [0.1, 0.15) is 11.1 Å². The van der Waals surface area contributed by atoms with E-state index >= 15 is 0 Å². The smallest absolute Gasteiger partial charge is 0.242 e. The van der Waals surface area contributed by atoms with Crippen LogP contribution in [-0.2, 0) is 9.59 Å².